The number of ketones is 2. The highest BCUT2D eigenvalue weighted by Gasteiger charge is 2.26. The van der Waals surface area contributed by atoms with Gasteiger partial charge in [0.15, 0.2) is 5.78 Å². The molecule has 25 heteroatoms. The number of carboxylic acid groups (broad SMARTS) is 5. The molecule has 79 heavy (non-hydrogen) atoms. The Morgan fingerprint density at radius 3 is 1.35 bits per heavy atom. The van der Waals surface area contributed by atoms with Crippen molar-refractivity contribution in [3.05, 3.63) is 0 Å². The van der Waals surface area contributed by atoms with Gasteiger partial charge in [0, 0.05) is 64.6 Å². The van der Waals surface area contributed by atoms with Crippen molar-refractivity contribution in [2.75, 3.05) is 73.0 Å². The number of aliphatic carboxylic acids is 5. The second-order valence-corrected chi connectivity index (χ2v) is 19.5. The highest BCUT2D eigenvalue weighted by atomic mass is 16.5. The predicted octanol–water partition coefficient (Wildman–Crippen LogP) is 3.94. The number of hydrogen-bond donors (Lipinski definition) is 10. The van der Waals surface area contributed by atoms with Crippen LogP contribution in [0.3, 0.4) is 0 Å². The molecule has 0 bridgehead atoms. The van der Waals surface area contributed by atoms with Crippen LogP contribution >= 0.6 is 0 Å². The van der Waals surface area contributed by atoms with Gasteiger partial charge < -0.3 is 71.1 Å². The van der Waals surface area contributed by atoms with E-state index in [1.807, 2.05) is 0 Å². The molecule has 0 aliphatic rings. The topological polar surface area (TPSA) is 386 Å². The van der Waals surface area contributed by atoms with Crippen LogP contribution in [0.25, 0.3) is 0 Å². The molecular formula is C54H93N5O20. The molecule has 0 aromatic rings. The molecule has 0 aliphatic carbocycles. The first-order chi connectivity index (χ1) is 37.9. The number of rotatable bonds is 57. The first-order valence-corrected chi connectivity index (χ1v) is 28.1. The molecule has 0 heterocycles. The van der Waals surface area contributed by atoms with Crippen molar-refractivity contribution in [2.45, 2.75) is 198 Å². The normalized spacial score (nSPS) is 12.6. The number of hydrogen-bond acceptors (Lipinski definition) is 16. The number of likely N-dealkylation sites (N-methyl/N-ethyl adjacent to an activating group) is 1. The maximum atomic E-state index is 12.6. The van der Waals surface area contributed by atoms with Crippen LogP contribution < -0.4 is 26.6 Å². The van der Waals surface area contributed by atoms with E-state index >= 15 is 0 Å². The van der Waals surface area contributed by atoms with Gasteiger partial charge in [-0.25, -0.2) is 9.59 Å². The van der Waals surface area contributed by atoms with Gasteiger partial charge in [0.25, 0.3) is 0 Å². The van der Waals surface area contributed by atoms with Crippen molar-refractivity contribution >= 4 is 65.0 Å². The minimum atomic E-state index is -1.44. The van der Waals surface area contributed by atoms with E-state index in [4.69, 9.17) is 29.2 Å². The second-order valence-electron chi connectivity index (χ2n) is 19.5. The zero-order chi connectivity index (χ0) is 58.9. The molecule has 4 amide bonds. The lowest BCUT2D eigenvalue weighted by molar-refractivity contribution is -0.145. The Morgan fingerprint density at radius 2 is 0.823 bits per heavy atom. The maximum absolute atomic E-state index is 12.6. The fourth-order valence-corrected chi connectivity index (χ4v) is 8.04. The molecule has 0 aromatic carbocycles. The van der Waals surface area contributed by atoms with E-state index in [9.17, 15) is 68.1 Å². The molecule has 0 fully saturated rings. The molecule has 4 atom stereocenters. The van der Waals surface area contributed by atoms with Gasteiger partial charge in [-0.15, -0.1) is 0 Å². The van der Waals surface area contributed by atoms with Crippen LogP contribution in [0, 0.1) is 5.92 Å². The third kappa shape index (κ3) is 45.9. The summed E-state index contributed by atoms with van der Waals surface area (Å²) in [5.41, 5.74) is 0. The lowest BCUT2D eigenvalue weighted by Crippen LogP contribution is -2.42. The van der Waals surface area contributed by atoms with E-state index < -0.39 is 84.5 Å². The summed E-state index contributed by atoms with van der Waals surface area (Å²) in [6, 6.07) is -3.31. The summed E-state index contributed by atoms with van der Waals surface area (Å²) >= 11 is 0. The zero-order valence-corrected chi connectivity index (χ0v) is 46.5. The van der Waals surface area contributed by atoms with Gasteiger partial charge in [-0.2, -0.15) is 0 Å². The van der Waals surface area contributed by atoms with Crippen LogP contribution in [-0.4, -0.2) is 182 Å². The number of unbranched alkanes of at least 4 members (excludes halogenated alkanes) is 14. The quantitative estimate of drug-likeness (QED) is 0.0385. The highest BCUT2D eigenvalue weighted by Crippen LogP contribution is 2.16. The first kappa shape index (κ1) is 73.4. The number of amides is 4. The van der Waals surface area contributed by atoms with E-state index in [1.165, 1.54) is 39.2 Å². The van der Waals surface area contributed by atoms with Crippen molar-refractivity contribution in [1.82, 2.24) is 26.6 Å². The van der Waals surface area contributed by atoms with Crippen molar-refractivity contribution in [3.63, 3.8) is 0 Å². The number of carboxylic acids is 5. The van der Waals surface area contributed by atoms with E-state index in [2.05, 4.69) is 26.6 Å². The van der Waals surface area contributed by atoms with Gasteiger partial charge in [-0.1, -0.05) is 77.0 Å². The average molecular weight is 1130 g/mol. The molecule has 0 saturated carbocycles. The minimum absolute atomic E-state index is 0.0129. The average Bonchev–Trinajstić information content (AvgIpc) is 3.39. The van der Waals surface area contributed by atoms with E-state index in [1.54, 1.807) is 0 Å². The molecule has 25 nitrogen and oxygen atoms in total. The first-order valence-electron chi connectivity index (χ1n) is 28.1. The number of Topliss-reactive ketones (excluding diaryl/α,β-unsaturated/α-hetero) is 2. The molecule has 454 valence electrons. The van der Waals surface area contributed by atoms with E-state index in [0.717, 1.165) is 51.4 Å². The lowest BCUT2D eigenvalue weighted by Gasteiger charge is -2.15. The summed E-state index contributed by atoms with van der Waals surface area (Å²) in [6.45, 7) is 0.541. The molecule has 0 aliphatic heterocycles. The van der Waals surface area contributed by atoms with Gasteiger partial charge in [0.1, 0.15) is 37.1 Å². The van der Waals surface area contributed by atoms with Gasteiger partial charge in [0.2, 0.25) is 23.6 Å². The van der Waals surface area contributed by atoms with Crippen LogP contribution in [0.1, 0.15) is 180 Å². The van der Waals surface area contributed by atoms with E-state index in [-0.39, 0.29) is 135 Å². The van der Waals surface area contributed by atoms with Crippen LogP contribution in [0.4, 0.5) is 0 Å². The molecule has 0 rings (SSSR count). The Labute approximate surface area is 464 Å². The van der Waals surface area contributed by atoms with Crippen molar-refractivity contribution < 1.29 is 97.2 Å². The number of carbonyl (C=O) groups excluding carboxylic acids is 6. The van der Waals surface area contributed by atoms with Crippen molar-refractivity contribution in [1.29, 1.82) is 0 Å². The highest BCUT2D eigenvalue weighted by molar-refractivity contribution is 5.87. The number of nitrogens with one attached hydrogen (secondary N) is 5. The van der Waals surface area contributed by atoms with Crippen LogP contribution in [0.15, 0.2) is 0 Å². The van der Waals surface area contributed by atoms with Gasteiger partial charge in [0.05, 0.1) is 39.0 Å². The largest absolute Gasteiger partial charge is 0.481 e. The van der Waals surface area contributed by atoms with Gasteiger partial charge in [-0.05, 0) is 64.8 Å². The maximum Gasteiger partial charge on any atom is 0.326 e. The van der Waals surface area contributed by atoms with Crippen molar-refractivity contribution in [3.8, 4) is 0 Å². The van der Waals surface area contributed by atoms with Crippen LogP contribution in [-0.2, 0) is 71.7 Å². The Morgan fingerprint density at radius 1 is 0.354 bits per heavy atom. The molecule has 0 unspecified atom stereocenters. The Kier molecular flexibility index (Phi) is 45.9. The fraction of sp³-hybridized carbons (Fsp3) is 0.796. The summed E-state index contributed by atoms with van der Waals surface area (Å²) in [7, 11) is 1.54. The second kappa shape index (κ2) is 49.4. The molecule has 0 radical (unpaired) electrons. The smallest absolute Gasteiger partial charge is 0.326 e. The number of ether oxygens (including phenoxy) is 4. The Bertz CT molecular complexity index is 1790. The van der Waals surface area contributed by atoms with Crippen LogP contribution in [0.5, 0.6) is 0 Å². The summed E-state index contributed by atoms with van der Waals surface area (Å²) in [4.78, 5) is 131. The molecule has 0 spiro atoms. The summed E-state index contributed by atoms with van der Waals surface area (Å²) in [5, 5.41) is 59.1. The molecule has 0 aromatic heterocycles. The Hall–Kier alpha value is -5.63. The van der Waals surface area contributed by atoms with Crippen LogP contribution in [0.2, 0.25) is 0 Å². The summed E-state index contributed by atoms with van der Waals surface area (Å²) in [6.07, 6.45) is 15.7. The van der Waals surface area contributed by atoms with Gasteiger partial charge in [-0.3, -0.25) is 43.2 Å². The third-order valence-corrected chi connectivity index (χ3v) is 12.7. The standard InChI is InChI=1S/C54H93N5O20/c1-55-43(52(70)71)20-16-17-29-56-46(62)27-23-40(51(68)69)37-41(60)24-25-44(53(72)73)59-49(65)39-79-36-33-76-31-18-19-42(61)38-78-35-34-77-32-30-57-47(63)28-26-45(54(74)75)58-48(64)21-14-12-10-8-6-4-2-3-5-7-9-11-13-15-22-50(66)67/h40,43-45,55H,2-39H2,1H3,(H,56,62)(H,57,63)(H,58,64)(H,59,65)(H,66,67)(H,68,69)(H,70,71)(H,72,73)(H,74,75)/t40-,43+,44+,45+/m1/s1. The van der Waals surface area contributed by atoms with E-state index in [0.29, 0.717) is 32.1 Å². The zero-order valence-electron chi connectivity index (χ0n) is 46.5. The SMILES string of the molecule is CN[C@@H](CCCCNC(=O)CC[C@H](CC(=O)CC[C@H](NC(=O)COCCOCCCC(=O)COCCOCCNC(=O)CC[C@H](NC(=O)CCCCCCCCCCCCCCCCC(=O)O)C(=O)O)C(=O)O)C(=O)O)C(=O)O. The minimum Gasteiger partial charge on any atom is -0.481 e. The van der Waals surface area contributed by atoms with Gasteiger partial charge >= 0.3 is 29.8 Å². The molecular weight excluding hydrogens is 1040 g/mol. The third-order valence-electron chi connectivity index (χ3n) is 12.7. The number of carbonyl (C=O) groups is 11. The van der Waals surface area contributed by atoms with Crippen molar-refractivity contribution in [2.24, 2.45) is 5.92 Å². The summed E-state index contributed by atoms with van der Waals surface area (Å²) < 4.78 is 21.4. The molecule has 10 N–H and O–H groups in total. The monoisotopic (exact) mass is 1130 g/mol. The molecule has 0 saturated heterocycles. The fourth-order valence-electron chi connectivity index (χ4n) is 8.04. The predicted molar refractivity (Wildman–Crippen MR) is 287 cm³/mol. The summed E-state index contributed by atoms with van der Waals surface area (Å²) in [5.74, 6) is -9.43. The Balaban J connectivity index is 3.97. The lowest BCUT2D eigenvalue weighted by atomic mass is 9.94.